The molecular weight excluding hydrogens is 510 g/mol. The number of thioether (sulfide) groups is 1. The smallest absolute Gasteiger partial charge is 0.272 e. The molecule has 8 heteroatoms. The maximum Gasteiger partial charge on any atom is 0.272 e. The second-order valence-electron chi connectivity index (χ2n) is 8.34. The van der Waals surface area contributed by atoms with Crippen LogP contribution in [0.2, 0.25) is 0 Å². The molecule has 3 amide bonds. The van der Waals surface area contributed by atoms with Gasteiger partial charge >= 0.3 is 0 Å². The molecule has 0 aliphatic rings. The molecule has 0 aliphatic heterocycles. The summed E-state index contributed by atoms with van der Waals surface area (Å²) < 4.78 is 5.27. The van der Waals surface area contributed by atoms with Crippen molar-refractivity contribution in [3.05, 3.63) is 126 Å². The number of benzene rings is 4. The van der Waals surface area contributed by atoms with Crippen LogP contribution in [0.4, 0.5) is 11.4 Å². The molecule has 0 saturated carbocycles. The minimum absolute atomic E-state index is 0.0770. The standard InChI is InChI=1S/C31H27N3O4S/c1-38-26-14-8-9-22(19-26)20-28(34-30(36)23-10-4-2-5-11-23)31(37)33-25-15-17-27(18-16-25)39-21-29(35)32-24-12-6-3-7-13-24/h2-20H,21H2,1H3,(H,32,35)(H,33,37)(H,34,36)/b28-20-. The van der Waals surface area contributed by atoms with Crippen molar-refractivity contribution in [1.82, 2.24) is 5.32 Å². The fraction of sp³-hybridized carbons (Fsp3) is 0.0645. The van der Waals surface area contributed by atoms with Crippen LogP contribution in [0.15, 0.2) is 120 Å². The van der Waals surface area contributed by atoms with Crippen LogP contribution in [0.25, 0.3) is 6.08 Å². The van der Waals surface area contributed by atoms with Crippen LogP contribution in [-0.4, -0.2) is 30.6 Å². The summed E-state index contributed by atoms with van der Waals surface area (Å²) >= 11 is 1.39. The van der Waals surface area contributed by atoms with E-state index >= 15 is 0 Å². The summed E-state index contributed by atoms with van der Waals surface area (Å²) in [6, 6.07) is 32.3. The normalized spacial score (nSPS) is 10.8. The van der Waals surface area contributed by atoms with Crippen molar-refractivity contribution in [3.8, 4) is 5.75 Å². The van der Waals surface area contributed by atoms with E-state index in [4.69, 9.17) is 4.74 Å². The fourth-order valence-electron chi connectivity index (χ4n) is 3.54. The number of amides is 3. The van der Waals surface area contributed by atoms with Gasteiger partial charge in [0.05, 0.1) is 12.9 Å². The Morgan fingerprint density at radius 2 is 1.44 bits per heavy atom. The molecule has 4 aromatic carbocycles. The van der Waals surface area contributed by atoms with Crippen molar-refractivity contribution in [2.75, 3.05) is 23.5 Å². The number of para-hydroxylation sites is 1. The molecule has 0 atom stereocenters. The molecule has 4 rings (SSSR count). The van der Waals surface area contributed by atoms with Crippen molar-refractivity contribution >= 4 is 46.9 Å². The van der Waals surface area contributed by atoms with E-state index < -0.39 is 11.8 Å². The van der Waals surface area contributed by atoms with Gasteiger partial charge in [-0.1, -0.05) is 48.5 Å². The van der Waals surface area contributed by atoms with E-state index in [1.54, 1.807) is 67.8 Å². The van der Waals surface area contributed by atoms with Gasteiger partial charge in [-0.05, 0) is 72.3 Å². The molecule has 196 valence electrons. The third kappa shape index (κ3) is 8.34. The Balaban J connectivity index is 1.42. The average Bonchev–Trinajstić information content (AvgIpc) is 2.97. The van der Waals surface area contributed by atoms with E-state index in [1.807, 2.05) is 54.6 Å². The lowest BCUT2D eigenvalue weighted by Crippen LogP contribution is -2.30. The van der Waals surface area contributed by atoms with Crippen LogP contribution < -0.4 is 20.7 Å². The molecule has 0 aromatic heterocycles. The van der Waals surface area contributed by atoms with Gasteiger partial charge in [0, 0.05) is 21.8 Å². The van der Waals surface area contributed by atoms with Crippen LogP contribution in [0.5, 0.6) is 5.75 Å². The highest BCUT2D eigenvalue weighted by Gasteiger charge is 2.15. The second kappa shape index (κ2) is 13.6. The van der Waals surface area contributed by atoms with Gasteiger partial charge in [0.1, 0.15) is 11.4 Å². The van der Waals surface area contributed by atoms with E-state index in [0.717, 1.165) is 10.6 Å². The van der Waals surface area contributed by atoms with Gasteiger partial charge in [0.15, 0.2) is 0 Å². The van der Waals surface area contributed by atoms with Gasteiger partial charge in [-0.2, -0.15) is 0 Å². The van der Waals surface area contributed by atoms with Gasteiger partial charge in [-0.25, -0.2) is 0 Å². The number of hydrogen-bond donors (Lipinski definition) is 3. The minimum atomic E-state index is -0.482. The quantitative estimate of drug-likeness (QED) is 0.175. The van der Waals surface area contributed by atoms with Gasteiger partial charge in [0.2, 0.25) is 5.91 Å². The number of carbonyl (C=O) groups is 3. The lowest BCUT2D eigenvalue weighted by Gasteiger charge is -2.12. The summed E-state index contributed by atoms with van der Waals surface area (Å²) in [4.78, 5) is 39.1. The third-order valence-electron chi connectivity index (χ3n) is 5.47. The van der Waals surface area contributed by atoms with Crippen molar-refractivity contribution < 1.29 is 19.1 Å². The SMILES string of the molecule is COc1cccc(/C=C(\NC(=O)c2ccccc2)C(=O)Nc2ccc(SCC(=O)Nc3ccccc3)cc2)c1. The number of nitrogens with one attached hydrogen (secondary N) is 3. The second-order valence-corrected chi connectivity index (χ2v) is 9.38. The highest BCUT2D eigenvalue weighted by Crippen LogP contribution is 2.22. The third-order valence-corrected chi connectivity index (χ3v) is 6.49. The van der Waals surface area contributed by atoms with Crippen LogP contribution in [0.3, 0.4) is 0 Å². The van der Waals surface area contributed by atoms with Gasteiger partial charge < -0.3 is 20.7 Å². The Labute approximate surface area is 231 Å². The first kappa shape index (κ1) is 27.2. The molecule has 0 bridgehead atoms. The number of anilines is 2. The highest BCUT2D eigenvalue weighted by molar-refractivity contribution is 8.00. The Morgan fingerprint density at radius 3 is 2.13 bits per heavy atom. The molecule has 0 heterocycles. The molecular formula is C31H27N3O4S. The number of carbonyl (C=O) groups excluding carboxylic acids is 3. The van der Waals surface area contributed by atoms with E-state index in [1.165, 1.54) is 11.8 Å². The lowest BCUT2D eigenvalue weighted by atomic mass is 10.1. The van der Waals surface area contributed by atoms with E-state index in [-0.39, 0.29) is 17.4 Å². The average molecular weight is 538 g/mol. The van der Waals surface area contributed by atoms with E-state index in [0.29, 0.717) is 22.6 Å². The Bertz CT molecular complexity index is 1460. The van der Waals surface area contributed by atoms with Crippen molar-refractivity contribution in [2.45, 2.75) is 4.90 Å². The van der Waals surface area contributed by atoms with Crippen molar-refractivity contribution in [3.63, 3.8) is 0 Å². The van der Waals surface area contributed by atoms with E-state index in [2.05, 4.69) is 16.0 Å². The molecule has 0 aliphatic carbocycles. The first-order valence-electron chi connectivity index (χ1n) is 12.1. The molecule has 39 heavy (non-hydrogen) atoms. The fourth-order valence-corrected chi connectivity index (χ4v) is 4.24. The molecule has 0 unspecified atom stereocenters. The molecule has 0 fully saturated rings. The first-order valence-corrected chi connectivity index (χ1v) is 13.1. The van der Waals surface area contributed by atoms with Crippen LogP contribution in [-0.2, 0) is 9.59 Å². The van der Waals surface area contributed by atoms with Gasteiger partial charge in [-0.3, -0.25) is 14.4 Å². The van der Waals surface area contributed by atoms with Crippen molar-refractivity contribution in [2.24, 2.45) is 0 Å². The Kier molecular flexibility index (Phi) is 9.52. The summed E-state index contributed by atoms with van der Waals surface area (Å²) in [6.07, 6.45) is 1.59. The summed E-state index contributed by atoms with van der Waals surface area (Å²) in [7, 11) is 1.56. The molecule has 0 radical (unpaired) electrons. The Hall–Kier alpha value is -4.82. The highest BCUT2D eigenvalue weighted by atomic mass is 32.2. The zero-order chi connectivity index (χ0) is 27.5. The first-order chi connectivity index (χ1) is 19.0. The summed E-state index contributed by atoms with van der Waals surface area (Å²) in [5, 5.41) is 8.41. The molecule has 3 N–H and O–H groups in total. The monoisotopic (exact) mass is 537 g/mol. The van der Waals surface area contributed by atoms with E-state index in [9.17, 15) is 14.4 Å². The summed E-state index contributed by atoms with van der Waals surface area (Å²) in [5.74, 6) is -0.113. The number of ether oxygens (including phenoxy) is 1. The zero-order valence-electron chi connectivity index (χ0n) is 21.2. The summed E-state index contributed by atoms with van der Waals surface area (Å²) in [5.41, 5.74) is 2.49. The maximum absolute atomic E-state index is 13.2. The van der Waals surface area contributed by atoms with Crippen LogP contribution in [0.1, 0.15) is 15.9 Å². The number of hydrogen-bond acceptors (Lipinski definition) is 5. The summed E-state index contributed by atoms with van der Waals surface area (Å²) in [6.45, 7) is 0. The molecule has 7 nitrogen and oxygen atoms in total. The lowest BCUT2D eigenvalue weighted by molar-refractivity contribution is -0.114. The molecule has 0 spiro atoms. The molecule has 0 saturated heterocycles. The topological polar surface area (TPSA) is 96.5 Å². The largest absolute Gasteiger partial charge is 0.497 e. The van der Waals surface area contributed by atoms with Crippen LogP contribution in [0, 0.1) is 0 Å². The predicted octanol–water partition coefficient (Wildman–Crippen LogP) is 5.84. The van der Waals surface area contributed by atoms with Crippen LogP contribution >= 0.6 is 11.8 Å². The Morgan fingerprint density at radius 1 is 0.769 bits per heavy atom. The van der Waals surface area contributed by atoms with Gasteiger partial charge in [0.25, 0.3) is 11.8 Å². The molecule has 4 aromatic rings. The number of rotatable bonds is 10. The minimum Gasteiger partial charge on any atom is -0.497 e. The zero-order valence-corrected chi connectivity index (χ0v) is 22.0. The predicted molar refractivity (Wildman–Crippen MR) is 156 cm³/mol. The maximum atomic E-state index is 13.2. The van der Waals surface area contributed by atoms with Crippen molar-refractivity contribution in [1.29, 1.82) is 0 Å². The number of methoxy groups -OCH3 is 1. The van der Waals surface area contributed by atoms with Gasteiger partial charge in [-0.15, -0.1) is 11.8 Å².